The number of hydrogen-bond acceptors (Lipinski definition) is 9. The quantitative estimate of drug-likeness (QED) is 0.177. The van der Waals surface area contributed by atoms with Crippen molar-refractivity contribution >= 4 is 40.2 Å². The molecule has 0 aromatic heterocycles. The largest absolute Gasteiger partial charge is 0.514 e. The van der Waals surface area contributed by atoms with E-state index in [0.29, 0.717) is 10.5 Å². The van der Waals surface area contributed by atoms with Crippen molar-refractivity contribution in [3.63, 3.8) is 0 Å². The molecule has 2 atom stereocenters. The smallest absolute Gasteiger partial charge is 0.467 e. The predicted octanol–water partition coefficient (Wildman–Crippen LogP) is 6.15. The molecule has 1 rings (SSSR count). The summed E-state index contributed by atoms with van der Waals surface area (Å²) < 4.78 is 26.0. The Morgan fingerprint density at radius 3 is 1.53 bits per heavy atom. The third kappa shape index (κ3) is 10.4. The van der Waals surface area contributed by atoms with Crippen molar-refractivity contribution in [3.05, 3.63) is 29.8 Å². The van der Waals surface area contributed by atoms with Gasteiger partial charge in [0.05, 0.1) is 11.9 Å². The highest BCUT2D eigenvalue weighted by Crippen LogP contribution is 2.33. The predicted molar refractivity (Wildman–Crippen MR) is 135 cm³/mol. The molecule has 2 amide bonds. The second-order valence-corrected chi connectivity index (χ2v) is 11.8. The lowest BCUT2D eigenvalue weighted by Gasteiger charge is -2.34. The molecule has 202 valence electrons. The number of methoxy groups -OCH3 is 1. The number of benzene rings is 1. The van der Waals surface area contributed by atoms with E-state index in [1.54, 1.807) is 74.4 Å². The van der Waals surface area contributed by atoms with Gasteiger partial charge >= 0.3 is 24.3 Å². The first-order valence-corrected chi connectivity index (χ1v) is 12.1. The molecule has 0 spiro atoms. The highest BCUT2D eigenvalue weighted by atomic mass is 79.9. The van der Waals surface area contributed by atoms with Gasteiger partial charge in [-0.05, 0) is 80.0 Å². The van der Waals surface area contributed by atoms with Gasteiger partial charge in [-0.1, -0.05) is 28.1 Å². The Kier molecular flexibility index (Phi) is 10.4. The van der Waals surface area contributed by atoms with Gasteiger partial charge in [0.1, 0.15) is 22.6 Å². The number of esters is 1. The van der Waals surface area contributed by atoms with E-state index in [1.807, 2.05) is 0 Å². The van der Waals surface area contributed by atoms with Crippen molar-refractivity contribution in [2.45, 2.75) is 90.0 Å². The summed E-state index contributed by atoms with van der Waals surface area (Å²) in [5.74, 6) is -0.693. The molecule has 0 aliphatic rings. The van der Waals surface area contributed by atoms with Crippen molar-refractivity contribution in [2.24, 2.45) is 0 Å². The highest BCUT2D eigenvalue weighted by Gasteiger charge is 2.45. The first-order chi connectivity index (χ1) is 16.2. The van der Waals surface area contributed by atoms with Crippen molar-refractivity contribution in [2.75, 3.05) is 7.11 Å². The minimum Gasteiger partial charge on any atom is -0.467 e. The van der Waals surface area contributed by atoms with Gasteiger partial charge in [0, 0.05) is 0 Å². The molecule has 0 bridgehead atoms. The number of halogens is 1. The number of hydrogen-bond donors (Lipinski definition) is 0. The molecule has 36 heavy (non-hydrogen) atoms. The Balaban J connectivity index is 3.35. The number of carbonyl (C=O) groups is 4. The van der Waals surface area contributed by atoms with Crippen LogP contribution in [0.2, 0.25) is 0 Å². The summed E-state index contributed by atoms with van der Waals surface area (Å²) in [6.45, 7) is 14.9. The summed E-state index contributed by atoms with van der Waals surface area (Å²) in [5, 5.41) is 0. The van der Waals surface area contributed by atoms with Crippen LogP contribution >= 0.6 is 15.9 Å². The van der Waals surface area contributed by atoms with E-state index in [9.17, 15) is 19.2 Å². The molecule has 0 aliphatic heterocycles. The van der Waals surface area contributed by atoms with E-state index in [1.165, 1.54) is 12.1 Å². The summed E-state index contributed by atoms with van der Waals surface area (Å²) in [4.78, 5) is 50.6. The maximum absolute atomic E-state index is 13.1. The molecule has 1 aromatic rings. The van der Waals surface area contributed by atoms with Crippen LogP contribution in [0.15, 0.2) is 24.3 Å². The fourth-order valence-corrected chi connectivity index (χ4v) is 3.43. The number of ether oxygens (including phenoxy) is 5. The van der Waals surface area contributed by atoms with Crippen molar-refractivity contribution in [1.82, 2.24) is 4.90 Å². The molecule has 1 aromatic carbocycles. The molecular weight excluding hydrogens is 538 g/mol. The molecular formula is C25H36BrNO9. The molecule has 0 radical (unpaired) electrons. The second-order valence-electron chi connectivity index (χ2n) is 10.8. The van der Waals surface area contributed by atoms with Crippen LogP contribution in [0.3, 0.4) is 0 Å². The Labute approximate surface area is 220 Å². The SMILES string of the molecule is COC(=O)C(C(Br)c1ccc(OC(=O)OC(C)(C)C)cc1)N(C(=O)OC(C)(C)C)C(=O)OC(C)(C)C. The van der Waals surface area contributed by atoms with E-state index in [2.05, 4.69) is 15.9 Å². The lowest BCUT2D eigenvalue weighted by Crippen LogP contribution is -2.53. The van der Waals surface area contributed by atoms with E-state index in [4.69, 9.17) is 23.7 Å². The van der Waals surface area contributed by atoms with E-state index in [0.717, 1.165) is 7.11 Å². The molecule has 0 aliphatic carbocycles. The number of alkyl halides is 1. The van der Waals surface area contributed by atoms with Gasteiger partial charge < -0.3 is 23.7 Å². The van der Waals surface area contributed by atoms with E-state index < -0.39 is 52.0 Å². The zero-order chi connectivity index (χ0) is 28.1. The average Bonchev–Trinajstić information content (AvgIpc) is 2.67. The average molecular weight is 574 g/mol. The maximum Gasteiger partial charge on any atom is 0.514 e. The van der Waals surface area contributed by atoms with Crippen LogP contribution in [-0.4, -0.2) is 59.2 Å². The van der Waals surface area contributed by atoms with Crippen molar-refractivity contribution in [1.29, 1.82) is 0 Å². The van der Waals surface area contributed by atoms with Crippen LogP contribution in [0.1, 0.15) is 72.7 Å². The fourth-order valence-electron chi connectivity index (χ4n) is 2.67. The van der Waals surface area contributed by atoms with Crippen molar-refractivity contribution in [3.8, 4) is 5.75 Å². The topological polar surface area (TPSA) is 118 Å². The number of nitrogens with zero attached hydrogens (tertiary/aromatic N) is 1. The van der Waals surface area contributed by atoms with Gasteiger partial charge in [-0.3, -0.25) is 0 Å². The zero-order valence-electron chi connectivity index (χ0n) is 22.5. The van der Waals surface area contributed by atoms with Crippen molar-refractivity contribution < 1.29 is 42.9 Å². The lowest BCUT2D eigenvalue weighted by molar-refractivity contribution is -0.146. The fraction of sp³-hybridized carbons (Fsp3) is 0.600. The molecule has 0 heterocycles. The monoisotopic (exact) mass is 573 g/mol. The number of carbonyl (C=O) groups excluding carboxylic acids is 4. The number of imide groups is 1. The van der Waals surface area contributed by atoms with Crippen LogP contribution in [0.5, 0.6) is 5.75 Å². The summed E-state index contributed by atoms with van der Waals surface area (Å²) in [7, 11) is 1.13. The standard InChI is InChI=1S/C25H36BrNO9/c1-23(2,3)34-20(29)27(21(30)35-24(4,5)6)18(19(28)32-10)17(26)15-11-13-16(14-12-15)33-22(31)36-25(7,8)9/h11-14,17-18H,1-10H3. The third-order valence-electron chi connectivity index (χ3n) is 3.97. The van der Waals surface area contributed by atoms with E-state index >= 15 is 0 Å². The summed E-state index contributed by atoms with van der Waals surface area (Å²) in [6, 6.07) is 4.58. The molecule has 0 saturated heterocycles. The minimum atomic E-state index is -1.49. The van der Waals surface area contributed by atoms with Crippen LogP contribution in [0, 0.1) is 0 Å². The normalized spacial score (nSPS) is 13.6. The van der Waals surface area contributed by atoms with Gasteiger partial charge in [-0.2, -0.15) is 4.90 Å². The summed E-state index contributed by atoms with van der Waals surface area (Å²) in [5.41, 5.74) is -2.17. The Bertz CT molecular complexity index is 912. The zero-order valence-corrected chi connectivity index (χ0v) is 24.0. The lowest BCUT2D eigenvalue weighted by atomic mass is 10.0. The van der Waals surface area contributed by atoms with Gasteiger partial charge in [0.2, 0.25) is 0 Å². The van der Waals surface area contributed by atoms with Gasteiger partial charge in [0.15, 0.2) is 6.04 Å². The second kappa shape index (κ2) is 11.9. The highest BCUT2D eigenvalue weighted by molar-refractivity contribution is 9.09. The molecule has 10 nitrogen and oxygen atoms in total. The minimum absolute atomic E-state index is 0.193. The molecule has 11 heteroatoms. The van der Waals surface area contributed by atoms with Gasteiger partial charge in [-0.25, -0.2) is 19.2 Å². The van der Waals surface area contributed by atoms with Crippen LogP contribution in [0.4, 0.5) is 14.4 Å². The molecule has 0 N–H and O–H groups in total. The summed E-state index contributed by atoms with van der Waals surface area (Å²) >= 11 is 3.42. The van der Waals surface area contributed by atoms with Gasteiger partial charge in [-0.15, -0.1) is 0 Å². The molecule has 0 saturated carbocycles. The first kappa shape index (κ1) is 31.2. The van der Waals surface area contributed by atoms with E-state index in [-0.39, 0.29) is 5.75 Å². The number of rotatable bonds is 5. The van der Waals surface area contributed by atoms with Crippen LogP contribution in [-0.2, 0) is 23.7 Å². The molecule has 2 unspecified atom stereocenters. The van der Waals surface area contributed by atoms with Crippen LogP contribution in [0.25, 0.3) is 0 Å². The Morgan fingerprint density at radius 2 is 1.17 bits per heavy atom. The van der Waals surface area contributed by atoms with Gasteiger partial charge in [0.25, 0.3) is 0 Å². The Hall–Kier alpha value is -2.82. The third-order valence-corrected chi connectivity index (χ3v) is 5.00. The summed E-state index contributed by atoms with van der Waals surface area (Å²) in [6.07, 6.45) is -3.04. The first-order valence-electron chi connectivity index (χ1n) is 11.2. The Morgan fingerprint density at radius 1 is 0.750 bits per heavy atom. The van der Waals surface area contributed by atoms with Crippen LogP contribution < -0.4 is 4.74 Å². The number of amides is 2. The maximum atomic E-state index is 13.1. The molecule has 0 fully saturated rings.